The van der Waals surface area contributed by atoms with Crippen LogP contribution in [0.3, 0.4) is 0 Å². The first-order chi connectivity index (χ1) is 8.81. The van der Waals surface area contributed by atoms with E-state index in [2.05, 4.69) is 13.8 Å². The lowest BCUT2D eigenvalue weighted by Gasteiger charge is -2.03. The molecule has 0 aliphatic rings. The van der Waals surface area contributed by atoms with Crippen LogP contribution in [0.4, 0.5) is 0 Å². The largest absolute Gasteiger partial charge is 0.310 e. The lowest BCUT2D eigenvalue weighted by molar-refractivity contribution is 0.511. The summed E-state index contributed by atoms with van der Waals surface area (Å²) >= 11 is -1.51. The van der Waals surface area contributed by atoms with Gasteiger partial charge in [0, 0.05) is 17.6 Å². The predicted octanol–water partition coefficient (Wildman–Crippen LogP) is 4.95. The molecule has 0 spiro atoms. The van der Waals surface area contributed by atoms with Crippen LogP contribution in [0.5, 0.6) is 0 Å². The van der Waals surface area contributed by atoms with Gasteiger partial charge in [-0.3, -0.25) is 0 Å². The molecule has 0 radical (unpaired) electrons. The van der Waals surface area contributed by atoms with Gasteiger partial charge in [0.25, 0.3) is 0 Å². The van der Waals surface area contributed by atoms with Crippen LogP contribution in [-0.2, 0) is 19.3 Å². The zero-order valence-corrected chi connectivity index (χ0v) is 14.5. The molecule has 0 aliphatic carbocycles. The van der Waals surface area contributed by atoms with Crippen molar-refractivity contribution in [3.63, 3.8) is 0 Å². The number of hydrogen-bond acceptors (Lipinski definition) is 3. The Kier molecular flexibility index (Phi) is 16.8. The Morgan fingerprint density at radius 2 is 1.22 bits per heavy atom. The molecule has 0 saturated carbocycles. The fourth-order valence-electron chi connectivity index (χ4n) is 1.44. The minimum Gasteiger partial charge on any atom is -0.249 e. The van der Waals surface area contributed by atoms with Crippen LogP contribution in [0, 0.1) is 0 Å². The van der Waals surface area contributed by atoms with Gasteiger partial charge in [-0.25, -0.2) is 7.94 Å². The zero-order valence-electron chi connectivity index (χ0n) is 11.7. The smallest absolute Gasteiger partial charge is 0.249 e. The minimum atomic E-state index is -1.51. The van der Waals surface area contributed by atoms with Gasteiger partial charge >= 0.3 is 11.4 Å². The minimum absolute atomic E-state index is 0.315. The normalized spacial score (nSPS) is 14.1. The van der Waals surface area contributed by atoms with Crippen LogP contribution < -0.4 is 0 Å². The van der Waals surface area contributed by atoms with Crippen molar-refractivity contribution in [1.82, 2.24) is 0 Å². The molecule has 0 aliphatic heterocycles. The summed E-state index contributed by atoms with van der Waals surface area (Å²) in [6.45, 7) is 4.40. The van der Waals surface area contributed by atoms with E-state index in [1.807, 2.05) is 0 Å². The van der Waals surface area contributed by atoms with E-state index in [4.69, 9.17) is 7.94 Å². The molecule has 0 N–H and O–H groups in total. The third kappa shape index (κ3) is 15.0. The Labute approximate surface area is 119 Å². The van der Waals surface area contributed by atoms with E-state index >= 15 is 0 Å². The van der Waals surface area contributed by atoms with Crippen LogP contribution in [0.25, 0.3) is 0 Å². The summed E-state index contributed by atoms with van der Waals surface area (Å²) in [7, 11) is 0.631. The summed E-state index contributed by atoms with van der Waals surface area (Å²) in [6.07, 6.45) is 11.9. The second kappa shape index (κ2) is 16.0. The van der Waals surface area contributed by atoms with Gasteiger partial charge in [0.15, 0.2) is 0 Å². The molecule has 6 heteroatoms. The van der Waals surface area contributed by atoms with Crippen molar-refractivity contribution >= 4 is 29.0 Å². The molecule has 0 fully saturated rings. The van der Waals surface area contributed by atoms with Crippen molar-refractivity contribution in [3.05, 3.63) is 0 Å². The fraction of sp³-hybridized carbons (Fsp3) is 1.00. The third-order valence-corrected chi connectivity index (χ3v) is 5.67. The van der Waals surface area contributed by atoms with Crippen molar-refractivity contribution < 1.29 is 12.1 Å². The molecule has 2 atom stereocenters. The molecule has 0 aromatic heterocycles. The topological polar surface area (TPSA) is 35.5 Å². The second-order valence-corrected chi connectivity index (χ2v) is 7.60. The quantitative estimate of drug-likeness (QED) is 0.336. The molecule has 3 nitrogen and oxygen atoms in total. The van der Waals surface area contributed by atoms with Crippen LogP contribution >= 0.6 is 17.6 Å². The molecular weight excluding hydrogens is 286 g/mol. The Morgan fingerprint density at radius 1 is 0.778 bits per heavy atom. The summed E-state index contributed by atoms with van der Waals surface area (Å²) in [5.74, 6) is 0. The number of unbranched alkanes of at least 4 members (excludes halogenated alkanes) is 6. The Hall–Kier alpha value is 0.930. The van der Waals surface area contributed by atoms with E-state index in [1.54, 1.807) is 0 Å². The highest BCUT2D eigenvalue weighted by molar-refractivity contribution is 7.82. The van der Waals surface area contributed by atoms with E-state index in [-0.39, 0.29) is 0 Å². The molecule has 0 heterocycles. The van der Waals surface area contributed by atoms with Crippen LogP contribution in [0.15, 0.2) is 0 Å². The summed E-state index contributed by atoms with van der Waals surface area (Å²) in [5, 5.41) is 0. The summed E-state index contributed by atoms with van der Waals surface area (Å²) in [4.78, 5) is 0. The van der Waals surface area contributed by atoms with Gasteiger partial charge in [-0.05, 0) is 25.2 Å². The Bertz CT molecular complexity index is 176. The standard InChI is InChI=1S/C12H28O3P2S/c1-3-5-7-9-11-16-14-18(13)15-17-12-10-8-6-4-2/h16-17H,3-12H2,1-2H3. The van der Waals surface area contributed by atoms with Gasteiger partial charge in [0.1, 0.15) is 0 Å². The maximum Gasteiger partial charge on any atom is 0.310 e. The van der Waals surface area contributed by atoms with E-state index < -0.39 is 11.4 Å². The van der Waals surface area contributed by atoms with Gasteiger partial charge in [-0.15, -0.1) is 0 Å². The van der Waals surface area contributed by atoms with Gasteiger partial charge < -0.3 is 0 Å². The highest BCUT2D eigenvalue weighted by Gasteiger charge is 2.01. The highest BCUT2D eigenvalue weighted by atomic mass is 32.2. The molecule has 0 amide bonds. The van der Waals surface area contributed by atoms with E-state index in [1.165, 1.54) is 51.4 Å². The fourth-order valence-corrected chi connectivity index (χ4v) is 4.11. The van der Waals surface area contributed by atoms with E-state index in [9.17, 15) is 4.21 Å². The van der Waals surface area contributed by atoms with Crippen molar-refractivity contribution in [3.8, 4) is 0 Å². The summed E-state index contributed by atoms with van der Waals surface area (Å²) < 4.78 is 21.6. The van der Waals surface area contributed by atoms with E-state index in [0.717, 1.165) is 12.3 Å². The molecule has 2 unspecified atom stereocenters. The third-order valence-electron chi connectivity index (χ3n) is 2.52. The van der Waals surface area contributed by atoms with Crippen molar-refractivity contribution in [2.45, 2.75) is 65.2 Å². The Morgan fingerprint density at radius 3 is 1.61 bits per heavy atom. The maximum absolute atomic E-state index is 11.3. The predicted molar refractivity (Wildman–Crippen MR) is 85.0 cm³/mol. The molecule has 18 heavy (non-hydrogen) atoms. The molecular formula is C12H28O3P2S. The molecule has 0 aromatic rings. The lowest BCUT2D eigenvalue weighted by atomic mass is 10.2. The SMILES string of the molecule is CCCCCCPOS(=O)OPCCCCCC. The van der Waals surface area contributed by atoms with Crippen LogP contribution in [0.1, 0.15) is 65.2 Å². The first-order valence-electron chi connectivity index (χ1n) is 7.03. The first-order valence-corrected chi connectivity index (χ1v) is 10.3. The number of rotatable bonds is 14. The molecule has 0 bridgehead atoms. The van der Waals surface area contributed by atoms with Gasteiger partial charge in [-0.1, -0.05) is 52.4 Å². The van der Waals surface area contributed by atoms with Crippen molar-refractivity contribution in [1.29, 1.82) is 0 Å². The first kappa shape index (κ1) is 18.9. The van der Waals surface area contributed by atoms with Gasteiger partial charge in [0.05, 0.1) is 0 Å². The average molecular weight is 314 g/mol. The van der Waals surface area contributed by atoms with Crippen LogP contribution in [0.2, 0.25) is 0 Å². The van der Waals surface area contributed by atoms with Crippen molar-refractivity contribution in [2.75, 3.05) is 12.3 Å². The average Bonchev–Trinajstić information content (AvgIpc) is 2.38. The van der Waals surface area contributed by atoms with Crippen molar-refractivity contribution in [2.24, 2.45) is 0 Å². The summed E-state index contributed by atoms with van der Waals surface area (Å²) in [5.41, 5.74) is 0. The molecule has 110 valence electrons. The van der Waals surface area contributed by atoms with E-state index in [0.29, 0.717) is 17.6 Å². The number of hydrogen-bond donors (Lipinski definition) is 0. The Balaban J connectivity index is 3.12. The zero-order chi connectivity index (χ0) is 13.5. The monoisotopic (exact) mass is 314 g/mol. The molecule has 0 saturated heterocycles. The lowest BCUT2D eigenvalue weighted by Crippen LogP contribution is -1.91. The van der Waals surface area contributed by atoms with Crippen LogP contribution in [-0.4, -0.2) is 16.5 Å². The summed E-state index contributed by atoms with van der Waals surface area (Å²) in [6, 6.07) is 0. The second-order valence-electron chi connectivity index (χ2n) is 4.28. The molecule has 0 rings (SSSR count). The maximum atomic E-state index is 11.3. The van der Waals surface area contributed by atoms with Gasteiger partial charge in [-0.2, -0.15) is 4.21 Å². The van der Waals surface area contributed by atoms with Gasteiger partial charge in [0.2, 0.25) is 0 Å². The highest BCUT2D eigenvalue weighted by Crippen LogP contribution is 2.23. The molecule has 0 aromatic carbocycles.